The molecule has 3 heterocycles. The van der Waals surface area contributed by atoms with E-state index in [0.717, 1.165) is 11.1 Å². The number of amides is 3. The first-order valence-corrected chi connectivity index (χ1v) is 11.2. The Balaban J connectivity index is 1.43. The fraction of sp³-hybridized carbons (Fsp3) is 0.182. The van der Waals surface area contributed by atoms with E-state index in [-0.39, 0.29) is 36.5 Å². The summed E-state index contributed by atoms with van der Waals surface area (Å²) in [5, 5.41) is 5.38. The van der Waals surface area contributed by atoms with E-state index in [0.29, 0.717) is 27.9 Å². The molecule has 0 aliphatic carbocycles. The molecular formula is C22H18ClN5O3S. The molecule has 3 amide bonds. The number of piperazine rings is 1. The summed E-state index contributed by atoms with van der Waals surface area (Å²) >= 11 is 7.16. The molecule has 1 aromatic heterocycles. The van der Waals surface area contributed by atoms with E-state index in [4.69, 9.17) is 17.3 Å². The van der Waals surface area contributed by atoms with Gasteiger partial charge in [0.05, 0.1) is 17.8 Å². The second-order valence-corrected chi connectivity index (χ2v) is 8.92. The van der Waals surface area contributed by atoms with Crippen LogP contribution in [-0.4, -0.2) is 58.2 Å². The third-order valence-electron chi connectivity index (χ3n) is 5.66. The van der Waals surface area contributed by atoms with Gasteiger partial charge in [-0.05, 0) is 35.4 Å². The smallest absolute Gasteiger partial charge is 0.273 e. The molecule has 1 saturated heterocycles. The van der Waals surface area contributed by atoms with Gasteiger partial charge in [-0.15, -0.1) is 11.3 Å². The van der Waals surface area contributed by atoms with Gasteiger partial charge in [0.1, 0.15) is 11.7 Å². The number of thiazole rings is 1. The molecule has 32 heavy (non-hydrogen) atoms. The summed E-state index contributed by atoms with van der Waals surface area (Å²) < 4.78 is 0. The Hall–Kier alpha value is -3.43. The van der Waals surface area contributed by atoms with E-state index in [1.807, 2.05) is 18.2 Å². The highest BCUT2D eigenvalue weighted by molar-refractivity contribution is 7.13. The summed E-state index contributed by atoms with van der Waals surface area (Å²) in [6.45, 7) is 0.636. The second-order valence-electron chi connectivity index (χ2n) is 7.59. The Kier molecular flexibility index (Phi) is 5.07. The molecule has 3 aromatic rings. The minimum absolute atomic E-state index is 0.0892. The summed E-state index contributed by atoms with van der Waals surface area (Å²) in [6, 6.07) is 11.9. The summed E-state index contributed by atoms with van der Waals surface area (Å²) in [5.41, 5.74) is 8.51. The number of nitrogens with two attached hydrogens (primary N) is 1. The third kappa shape index (κ3) is 3.59. The lowest BCUT2D eigenvalue weighted by atomic mass is 10.0. The van der Waals surface area contributed by atoms with Gasteiger partial charge in [-0.2, -0.15) is 0 Å². The van der Waals surface area contributed by atoms with Crippen LogP contribution >= 0.6 is 22.9 Å². The van der Waals surface area contributed by atoms with Crippen molar-refractivity contribution in [3.63, 3.8) is 0 Å². The molecule has 2 aromatic carbocycles. The summed E-state index contributed by atoms with van der Waals surface area (Å²) in [5.74, 6) is -0.875. The van der Waals surface area contributed by atoms with E-state index < -0.39 is 6.04 Å². The molecule has 2 aliphatic rings. The maximum Gasteiger partial charge on any atom is 0.273 e. The van der Waals surface area contributed by atoms with Gasteiger partial charge in [0.25, 0.3) is 11.8 Å². The number of nitrogens with one attached hydrogen (secondary N) is 1. The lowest BCUT2D eigenvalue weighted by Crippen LogP contribution is -2.59. The van der Waals surface area contributed by atoms with Gasteiger partial charge in [0.15, 0.2) is 5.13 Å². The Bertz CT molecular complexity index is 1240. The topological polar surface area (TPSA) is 109 Å². The molecule has 162 valence electrons. The van der Waals surface area contributed by atoms with E-state index >= 15 is 0 Å². The van der Waals surface area contributed by atoms with Gasteiger partial charge in [0.2, 0.25) is 5.91 Å². The van der Waals surface area contributed by atoms with Gasteiger partial charge < -0.3 is 20.9 Å². The molecule has 0 radical (unpaired) electrons. The zero-order chi connectivity index (χ0) is 22.4. The number of carbonyl (C=O) groups excluding carboxylic acids is 3. The zero-order valence-corrected chi connectivity index (χ0v) is 18.3. The average Bonchev–Trinajstić information content (AvgIpc) is 3.20. The van der Waals surface area contributed by atoms with E-state index in [1.165, 1.54) is 21.1 Å². The normalized spacial score (nSPS) is 18.0. The van der Waals surface area contributed by atoms with E-state index in [2.05, 4.69) is 10.3 Å². The zero-order valence-electron chi connectivity index (χ0n) is 16.7. The molecule has 1 unspecified atom stereocenters. The first-order valence-electron chi connectivity index (χ1n) is 9.93. The third-order valence-corrected chi connectivity index (χ3v) is 6.58. The maximum atomic E-state index is 13.4. The number of rotatable bonds is 2. The van der Waals surface area contributed by atoms with Crippen LogP contribution in [0.5, 0.6) is 0 Å². The van der Waals surface area contributed by atoms with Crippen LogP contribution in [0.15, 0.2) is 47.8 Å². The Morgan fingerprint density at radius 1 is 1.12 bits per heavy atom. The highest BCUT2D eigenvalue weighted by Crippen LogP contribution is 2.31. The number of carbonyl (C=O) groups is 3. The Morgan fingerprint density at radius 3 is 2.59 bits per heavy atom. The number of nitrogens with zero attached hydrogens (tertiary/aromatic N) is 3. The Labute approximate surface area is 192 Å². The molecule has 1 atom stereocenters. The van der Waals surface area contributed by atoms with Crippen molar-refractivity contribution in [1.29, 1.82) is 0 Å². The minimum atomic E-state index is -0.789. The number of hydrogen-bond acceptors (Lipinski definition) is 6. The van der Waals surface area contributed by atoms with Crippen LogP contribution in [-0.2, 0) is 4.79 Å². The first kappa shape index (κ1) is 20.5. The highest BCUT2D eigenvalue weighted by Gasteiger charge is 2.40. The molecule has 1 fully saturated rings. The van der Waals surface area contributed by atoms with Crippen LogP contribution in [0.3, 0.4) is 0 Å². The van der Waals surface area contributed by atoms with Crippen molar-refractivity contribution in [2.45, 2.75) is 6.04 Å². The van der Waals surface area contributed by atoms with Crippen molar-refractivity contribution < 1.29 is 14.4 Å². The van der Waals surface area contributed by atoms with E-state index in [1.54, 1.807) is 29.6 Å². The number of fused-ring (bicyclic) bond motifs is 2. The van der Waals surface area contributed by atoms with Crippen molar-refractivity contribution in [2.24, 2.45) is 0 Å². The number of anilines is 2. The molecule has 10 heteroatoms. The predicted octanol–water partition coefficient (Wildman–Crippen LogP) is 2.96. The molecule has 2 aliphatic heterocycles. The van der Waals surface area contributed by atoms with E-state index in [9.17, 15) is 14.4 Å². The quantitative estimate of drug-likeness (QED) is 0.602. The summed E-state index contributed by atoms with van der Waals surface area (Å²) in [4.78, 5) is 46.2. The van der Waals surface area contributed by atoms with Crippen LogP contribution in [0.1, 0.15) is 20.8 Å². The van der Waals surface area contributed by atoms with Crippen LogP contribution in [0.2, 0.25) is 5.02 Å². The largest absolute Gasteiger partial charge is 0.375 e. The average molecular weight is 468 g/mol. The fourth-order valence-electron chi connectivity index (χ4n) is 4.01. The second kappa shape index (κ2) is 7.92. The lowest BCUT2D eigenvalue weighted by molar-refractivity contribution is -0.121. The molecular weight excluding hydrogens is 450 g/mol. The summed E-state index contributed by atoms with van der Waals surface area (Å²) in [6.07, 6.45) is 0. The maximum absolute atomic E-state index is 13.4. The van der Waals surface area contributed by atoms with Crippen LogP contribution in [0.25, 0.3) is 11.1 Å². The Morgan fingerprint density at radius 2 is 1.88 bits per heavy atom. The first-order chi connectivity index (χ1) is 15.4. The standard InChI is InChI=1S/C22H18ClN5O3S/c23-14-4-1-12(2-5-14)13-3-6-16-15(9-13)20(30)28-8-7-27(10-18(28)19(29)25-16)21(31)17-11-32-22(24)26-17/h1-6,9,11,18H,7-8,10H2,(H2,24,26)(H,25,29). The number of halogens is 1. The monoisotopic (exact) mass is 467 g/mol. The van der Waals surface area contributed by atoms with Crippen molar-refractivity contribution in [3.05, 3.63) is 64.1 Å². The number of aromatic nitrogens is 1. The fourth-order valence-corrected chi connectivity index (χ4v) is 4.67. The van der Waals surface area contributed by atoms with Gasteiger partial charge >= 0.3 is 0 Å². The number of hydrogen-bond donors (Lipinski definition) is 2. The predicted molar refractivity (Wildman–Crippen MR) is 123 cm³/mol. The summed E-state index contributed by atoms with van der Waals surface area (Å²) in [7, 11) is 0. The van der Waals surface area contributed by atoms with Crippen molar-refractivity contribution in [3.8, 4) is 11.1 Å². The number of nitrogen functional groups attached to an aromatic ring is 1. The van der Waals surface area contributed by atoms with Gasteiger partial charge in [-0.25, -0.2) is 4.98 Å². The molecule has 5 rings (SSSR count). The van der Waals surface area contributed by atoms with Gasteiger partial charge in [-0.1, -0.05) is 29.8 Å². The van der Waals surface area contributed by atoms with Crippen LogP contribution < -0.4 is 11.1 Å². The van der Waals surface area contributed by atoms with Crippen LogP contribution in [0, 0.1) is 0 Å². The van der Waals surface area contributed by atoms with Crippen molar-refractivity contribution in [1.82, 2.24) is 14.8 Å². The molecule has 3 N–H and O–H groups in total. The molecule has 0 spiro atoms. The molecule has 0 bridgehead atoms. The van der Waals surface area contributed by atoms with Gasteiger partial charge in [0, 0.05) is 23.5 Å². The van der Waals surface area contributed by atoms with Crippen molar-refractivity contribution >= 4 is 51.5 Å². The number of benzene rings is 2. The van der Waals surface area contributed by atoms with Crippen molar-refractivity contribution in [2.75, 3.05) is 30.7 Å². The SMILES string of the molecule is Nc1nc(C(=O)N2CCN3C(=O)c4cc(-c5ccc(Cl)cc5)ccc4NC(=O)C3C2)cs1. The lowest BCUT2D eigenvalue weighted by Gasteiger charge is -2.39. The van der Waals surface area contributed by atoms with Crippen LogP contribution in [0.4, 0.5) is 10.8 Å². The molecule has 8 nitrogen and oxygen atoms in total. The minimum Gasteiger partial charge on any atom is -0.375 e. The highest BCUT2D eigenvalue weighted by atomic mass is 35.5. The van der Waals surface area contributed by atoms with Gasteiger partial charge in [-0.3, -0.25) is 14.4 Å². The molecule has 0 saturated carbocycles.